The molecule has 1 aromatic carbocycles. The Morgan fingerprint density at radius 2 is 2.20 bits per heavy atom. The van der Waals surface area contributed by atoms with Crippen LogP contribution in [0.3, 0.4) is 0 Å². The summed E-state index contributed by atoms with van der Waals surface area (Å²) in [5, 5.41) is 0. The van der Waals surface area contributed by atoms with Crippen LogP contribution in [0.25, 0.3) is 0 Å². The van der Waals surface area contributed by atoms with Crippen LogP contribution < -0.4 is 4.74 Å². The molecule has 102 valence electrons. The molecule has 0 saturated heterocycles. The average molecular weight is 269 g/mol. The number of pyridine rings is 1. The Morgan fingerprint density at radius 1 is 1.35 bits per heavy atom. The Morgan fingerprint density at radius 3 is 3.00 bits per heavy atom. The summed E-state index contributed by atoms with van der Waals surface area (Å²) in [6.07, 6.45) is 2.00. The minimum Gasteiger partial charge on any atom is -0.438 e. The molecule has 20 heavy (non-hydrogen) atoms. The van der Waals surface area contributed by atoms with Gasteiger partial charge in [0.15, 0.2) is 5.78 Å². The molecule has 0 spiro atoms. The van der Waals surface area contributed by atoms with E-state index in [9.17, 15) is 4.79 Å². The lowest BCUT2D eigenvalue weighted by molar-refractivity contribution is 0.0655. The van der Waals surface area contributed by atoms with Gasteiger partial charge in [0.2, 0.25) is 5.88 Å². The van der Waals surface area contributed by atoms with Crippen molar-refractivity contribution in [2.24, 2.45) is 0 Å². The number of methoxy groups -OCH3 is 1. The van der Waals surface area contributed by atoms with Gasteiger partial charge >= 0.3 is 0 Å². The second-order valence-electron chi connectivity index (χ2n) is 4.81. The highest BCUT2D eigenvalue weighted by atomic mass is 16.5. The Labute approximate surface area is 117 Å². The molecular formula is C16H15NO3. The molecule has 0 aliphatic carbocycles. The molecule has 0 N–H and O–H groups in total. The molecule has 0 radical (unpaired) electrons. The van der Waals surface area contributed by atoms with Gasteiger partial charge in [0.05, 0.1) is 0 Å². The Kier molecular flexibility index (Phi) is 3.24. The summed E-state index contributed by atoms with van der Waals surface area (Å²) in [6.45, 7) is 1.75. The summed E-state index contributed by atoms with van der Waals surface area (Å²) < 4.78 is 10.8. The topological polar surface area (TPSA) is 48.4 Å². The minimum absolute atomic E-state index is 0.0210. The molecule has 0 amide bonds. The van der Waals surface area contributed by atoms with Crippen molar-refractivity contribution in [1.29, 1.82) is 0 Å². The van der Waals surface area contributed by atoms with Gasteiger partial charge in [-0.1, -0.05) is 6.07 Å². The van der Waals surface area contributed by atoms with Gasteiger partial charge in [-0.05, 0) is 31.2 Å². The maximum Gasteiger partial charge on any atom is 0.222 e. The number of Topliss-reactive ketones (excluding diaryl/α,β-unsaturated/α-hetero) is 1. The first kappa shape index (κ1) is 12.8. The quantitative estimate of drug-likeness (QED) is 0.686. The number of carbonyl (C=O) groups excluding carboxylic acids is 1. The van der Waals surface area contributed by atoms with Gasteiger partial charge in [0.25, 0.3) is 0 Å². The van der Waals surface area contributed by atoms with Crippen LogP contribution in [-0.4, -0.2) is 24.0 Å². The third-order valence-electron chi connectivity index (χ3n) is 3.51. The zero-order chi connectivity index (χ0) is 14.1. The Balaban J connectivity index is 1.94. The van der Waals surface area contributed by atoms with Gasteiger partial charge in [0, 0.05) is 36.4 Å². The van der Waals surface area contributed by atoms with Gasteiger partial charge < -0.3 is 9.47 Å². The van der Waals surface area contributed by atoms with Gasteiger partial charge in [0.1, 0.15) is 11.9 Å². The monoisotopic (exact) mass is 269 g/mol. The maximum absolute atomic E-state index is 12.1. The smallest absolute Gasteiger partial charge is 0.222 e. The highest BCUT2D eigenvalue weighted by Crippen LogP contribution is 2.35. The van der Waals surface area contributed by atoms with E-state index in [0.29, 0.717) is 11.4 Å². The van der Waals surface area contributed by atoms with Crippen molar-refractivity contribution in [2.45, 2.75) is 19.4 Å². The molecule has 3 rings (SSSR count). The number of benzene rings is 1. The van der Waals surface area contributed by atoms with Crippen molar-refractivity contribution in [3.63, 3.8) is 0 Å². The van der Waals surface area contributed by atoms with Gasteiger partial charge in [-0.2, -0.15) is 0 Å². The first-order valence-electron chi connectivity index (χ1n) is 6.50. The molecule has 2 heterocycles. The van der Waals surface area contributed by atoms with E-state index in [1.807, 2.05) is 24.3 Å². The fourth-order valence-electron chi connectivity index (χ4n) is 2.27. The van der Waals surface area contributed by atoms with Crippen molar-refractivity contribution >= 4 is 5.78 Å². The van der Waals surface area contributed by atoms with E-state index in [2.05, 4.69) is 4.98 Å². The Bertz CT molecular complexity index is 667. The van der Waals surface area contributed by atoms with E-state index in [0.717, 1.165) is 23.3 Å². The van der Waals surface area contributed by atoms with E-state index >= 15 is 0 Å². The Hall–Kier alpha value is -2.20. The number of rotatable bonds is 3. The summed E-state index contributed by atoms with van der Waals surface area (Å²) in [5.41, 5.74) is 2.68. The summed E-state index contributed by atoms with van der Waals surface area (Å²) in [6, 6.07) is 9.34. The largest absolute Gasteiger partial charge is 0.438 e. The lowest BCUT2D eigenvalue weighted by atomic mass is 9.98. The lowest BCUT2D eigenvalue weighted by Crippen LogP contribution is -2.19. The van der Waals surface area contributed by atoms with Crippen LogP contribution in [0.1, 0.15) is 28.4 Å². The van der Waals surface area contributed by atoms with Crippen molar-refractivity contribution in [1.82, 2.24) is 4.98 Å². The number of carbonyl (C=O) groups is 1. The first-order valence-corrected chi connectivity index (χ1v) is 6.50. The summed E-state index contributed by atoms with van der Waals surface area (Å²) in [5.74, 6) is 1.38. The number of ketones is 1. The molecule has 1 atom stereocenters. The number of fused-ring (bicyclic) bond motifs is 2. The van der Waals surface area contributed by atoms with E-state index in [-0.39, 0.29) is 5.78 Å². The molecule has 1 aliphatic heterocycles. The minimum atomic E-state index is -0.438. The molecule has 2 aromatic rings. The first-order chi connectivity index (χ1) is 9.69. The molecule has 0 saturated carbocycles. The van der Waals surface area contributed by atoms with Gasteiger partial charge in [-0.15, -0.1) is 0 Å². The van der Waals surface area contributed by atoms with Crippen molar-refractivity contribution in [2.75, 3.05) is 7.11 Å². The predicted molar refractivity (Wildman–Crippen MR) is 74.4 cm³/mol. The van der Waals surface area contributed by atoms with Crippen LogP contribution in [0.5, 0.6) is 11.6 Å². The van der Waals surface area contributed by atoms with E-state index < -0.39 is 6.10 Å². The number of ether oxygens (including phenoxy) is 2. The van der Waals surface area contributed by atoms with Crippen molar-refractivity contribution < 1.29 is 14.3 Å². The lowest BCUT2D eigenvalue weighted by Gasteiger charge is -2.19. The standard InChI is InChI=1S/C16H15NO3/c1-10(19-2)15(18)11-5-6-14-13(8-11)9-12-4-3-7-17-16(12)20-14/h3-8,10H,9H2,1-2H3. The number of hydrogen-bond donors (Lipinski definition) is 0. The van der Waals surface area contributed by atoms with Crippen LogP contribution in [0.2, 0.25) is 0 Å². The fourth-order valence-corrected chi connectivity index (χ4v) is 2.27. The zero-order valence-electron chi connectivity index (χ0n) is 11.4. The molecular weight excluding hydrogens is 254 g/mol. The van der Waals surface area contributed by atoms with Crippen molar-refractivity contribution in [3.8, 4) is 11.6 Å². The average Bonchev–Trinajstić information content (AvgIpc) is 2.50. The molecule has 0 bridgehead atoms. The SMILES string of the molecule is COC(C)C(=O)c1ccc2c(c1)Cc1cccnc1O2. The fraction of sp³-hybridized carbons (Fsp3) is 0.250. The molecule has 4 heteroatoms. The third-order valence-corrected chi connectivity index (χ3v) is 3.51. The second-order valence-corrected chi connectivity index (χ2v) is 4.81. The van der Waals surface area contributed by atoms with E-state index in [1.54, 1.807) is 19.2 Å². The number of hydrogen-bond acceptors (Lipinski definition) is 4. The van der Waals surface area contributed by atoms with Crippen LogP contribution >= 0.6 is 0 Å². The van der Waals surface area contributed by atoms with Crippen LogP contribution in [0, 0.1) is 0 Å². The number of aromatic nitrogens is 1. The van der Waals surface area contributed by atoms with Crippen LogP contribution in [0.4, 0.5) is 0 Å². The molecule has 0 fully saturated rings. The van der Waals surface area contributed by atoms with Crippen LogP contribution in [-0.2, 0) is 11.2 Å². The highest BCUT2D eigenvalue weighted by Gasteiger charge is 2.21. The summed E-state index contributed by atoms with van der Waals surface area (Å²) >= 11 is 0. The normalized spacial score (nSPS) is 13.9. The maximum atomic E-state index is 12.1. The van der Waals surface area contributed by atoms with Crippen molar-refractivity contribution in [3.05, 3.63) is 53.2 Å². The zero-order valence-corrected chi connectivity index (χ0v) is 11.4. The van der Waals surface area contributed by atoms with Gasteiger partial charge in [-0.25, -0.2) is 4.98 Å². The summed E-state index contributed by atoms with van der Waals surface area (Å²) in [4.78, 5) is 16.3. The highest BCUT2D eigenvalue weighted by molar-refractivity contribution is 5.99. The summed E-state index contributed by atoms with van der Waals surface area (Å²) in [7, 11) is 1.53. The molecule has 1 aliphatic rings. The van der Waals surface area contributed by atoms with E-state index in [1.165, 1.54) is 7.11 Å². The number of nitrogens with zero attached hydrogens (tertiary/aromatic N) is 1. The molecule has 1 aromatic heterocycles. The molecule has 1 unspecified atom stereocenters. The van der Waals surface area contributed by atoms with E-state index in [4.69, 9.17) is 9.47 Å². The third kappa shape index (κ3) is 2.18. The second kappa shape index (κ2) is 5.06. The van der Waals surface area contributed by atoms with Gasteiger partial charge in [-0.3, -0.25) is 4.79 Å². The van der Waals surface area contributed by atoms with Crippen LogP contribution in [0.15, 0.2) is 36.5 Å². The molecule has 4 nitrogen and oxygen atoms in total. The predicted octanol–water partition coefficient (Wildman–Crippen LogP) is 3.00.